The number of carbonyl (C=O) groups is 3. The molecule has 1 aromatic heterocycles. The minimum Gasteiger partial charge on any atom is -0.480 e. The largest absolute Gasteiger partial charge is 0.480 e. The van der Waals surface area contributed by atoms with Crippen molar-refractivity contribution in [1.82, 2.24) is 14.0 Å². The van der Waals surface area contributed by atoms with Crippen LogP contribution in [0.25, 0.3) is 5.69 Å². The van der Waals surface area contributed by atoms with Crippen molar-refractivity contribution in [2.45, 2.75) is 30.9 Å². The highest BCUT2D eigenvalue weighted by atomic mass is 35.5. The van der Waals surface area contributed by atoms with Crippen molar-refractivity contribution >= 4 is 52.1 Å². The molecule has 3 aromatic rings. The maximum absolute atomic E-state index is 15.0. The number of carboxylic acids is 2. The Kier molecular flexibility index (Phi) is 9.43. The summed E-state index contributed by atoms with van der Waals surface area (Å²) in [6, 6.07) is 7.85. The predicted molar refractivity (Wildman–Crippen MR) is 153 cm³/mol. The van der Waals surface area contributed by atoms with E-state index in [0.29, 0.717) is 11.6 Å². The van der Waals surface area contributed by atoms with Crippen LogP contribution >= 0.6 is 23.4 Å². The summed E-state index contributed by atoms with van der Waals surface area (Å²) >= 11 is 6.95. The van der Waals surface area contributed by atoms with Crippen LogP contribution in [-0.2, 0) is 34.0 Å². The monoisotopic (exact) mass is 672 g/mol. The second-order valence-corrected chi connectivity index (χ2v) is 11.1. The van der Waals surface area contributed by atoms with E-state index in [4.69, 9.17) is 16.3 Å². The molecule has 238 valence electrons. The molecule has 2 aromatic carbocycles. The number of rotatable bonds is 9. The quantitative estimate of drug-likeness (QED) is 0.325. The normalized spacial score (nSPS) is 16.7. The maximum atomic E-state index is 15.0. The third-order valence-corrected chi connectivity index (χ3v) is 7.90. The van der Waals surface area contributed by atoms with E-state index in [-0.39, 0.29) is 38.2 Å². The lowest BCUT2D eigenvalue weighted by molar-refractivity contribution is -0.144. The summed E-state index contributed by atoms with van der Waals surface area (Å²) in [6.45, 7) is 0.461. The Bertz CT molecular complexity index is 1860. The van der Waals surface area contributed by atoms with Crippen molar-refractivity contribution in [3.63, 3.8) is 0 Å². The predicted octanol–water partition coefficient (Wildman–Crippen LogP) is 3.46. The number of thioether (sulfide) groups is 1. The Morgan fingerprint density at radius 3 is 2.42 bits per heavy atom. The number of aromatic nitrogens is 2. The summed E-state index contributed by atoms with van der Waals surface area (Å²) in [5.41, 5.74) is -5.30. The fourth-order valence-corrected chi connectivity index (χ4v) is 5.61. The number of aliphatic imine (C=N–C) groups is 1. The number of nitrogens with zero attached hydrogens (tertiary/aromatic N) is 4. The Hall–Kier alpha value is -4.64. The van der Waals surface area contributed by atoms with E-state index in [9.17, 15) is 51.7 Å². The molecule has 0 saturated carbocycles. The van der Waals surface area contributed by atoms with E-state index in [0.717, 1.165) is 29.8 Å². The third-order valence-electron chi connectivity index (χ3n) is 6.43. The summed E-state index contributed by atoms with van der Waals surface area (Å²) in [7, 11) is 0.742. The molecule has 18 heteroatoms. The van der Waals surface area contributed by atoms with E-state index in [1.165, 1.54) is 13.0 Å². The number of halogens is 5. The molecule has 0 bridgehead atoms. The lowest BCUT2D eigenvalue weighted by Gasteiger charge is -2.16. The standard InChI is InChI=1S/C27H21ClF4N4O8S/c1-12(24(41)42)44-18-6-4-3-5-13(18)7-19-23(40)35(11-22(38)39)25(45-19)33-16-9-17(15(29)8-14(16)28)36-21(37)10-20(27(30,31)32)34(2)26(36)43/h3-6,8-10,12,19H,7,11H2,1-2H3,(H,38,39)(H,41,42)/b33-25-. The molecule has 4 rings (SSSR count). The number of hydrogen-bond acceptors (Lipinski definition) is 8. The van der Waals surface area contributed by atoms with Crippen LogP contribution in [0.1, 0.15) is 18.2 Å². The minimum absolute atomic E-state index is 0.0550. The number of carbonyl (C=O) groups excluding carboxylic acids is 1. The zero-order chi connectivity index (χ0) is 33.4. The summed E-state index contributed by atoms with van der Waals surface area (Å²) in [4.78, 5) is 66.5. The Balaban J connectivity index is 1.77. The summed E-state index contributed by atoms with van der Waals surface area (Å²) in [5, 5.41) is 17.0. The van der Waals surface area contributed by atoms with Crippen molar-refractivity contribution in [3.8, 4) is 11.4 Å². The lowest BCUT2D eigenvalue weighted by atomic mass is 10.1. The van der Waals surface area contributed by atoms with Gasteiger partial charge in [0, 0.05) is 13.1 Å². The fourth-order valence-electron chi connectivity index (χ4n) is 4.24. The van der Waals surface area contributed by atoms with Gasteiger partial charge in [-0.1, -0.05) is 41.6 Å². The van der Waals surface area contributed by atoms with Crippen LogP contribution in [0.3, 0.4) is 0 Å². The number of alkyl halides is 3. The van der Waals surface area contributed by atoms with E-state index in [2.05, 4.69) is 4.99 Å². The van der Waals surface area contributed by atoms with Crippen LogP contribution in [0, 0.1) is 5.82 Å². The van der Waals surface area contributed by atoms with Crippen molar-refractivity contribution in [2.24, 2.45) is 12.0 Å². The molecule has 0 spiro atoms. The first-order chi connectivity index (χ1) is 21.0. The van der Waals surface area contributed by atoms with Gasteiger partial charge >= 0.3 is 23.8 Å². The average Bonchev–Trinajstić information content (AvgIpc) is 3.21. The lowest BCUT2D eigenvalue weighted by Crippen LogP contribution is -2.41. The maximum Gasteiger partial charge on any atom is 0.431 e. The van der Waals surface area contributed by atoms with Gasteiger partial charge in [0.15, 0.2) is 11.3 Å². The summed E-state index contributed by atoms with van der Waals surface area (Å²) in [6.07, 6.45) is -6.33. The first kappa shape index (κ1) is 33.3. The zero-order valence-corrected chi connectivity index (χ0v) is 24.6. The molecule has 1 aliphatic rings. The molecule has 0 radical (unpaired) electrons. The number of ether oxygens (including phenoxy) is 1. The number of benzene rings is 2. The van der Waals surface area contributed by atoms with Crippen LogP contribution < -0.4 is 16.0 Å². The number of amides is 1. The number of para-hydroxylation sites is 1. The van der Waals surface area contributed by atoms with Gasteiger partial charge < -0.3 is 14.9 Å². The molecule has 1 fully saturated rings. The molecular weight excluding hydrogens is 652 g/mol. The van der Waals surface area contributed by atoms with Crippen LogP contribution in [0.4, 0.5) is 23.2 Å². The number of hydrogen-bond donors (Lipinski definition) is 2. The van der Waals surface area contributed by atoms with Crippen LogP contribution in [0.15, 0.2) is 57.0 Å². The molecular formula is C27H21ClF4N4O8S. The van der Waals surface area contributed by atoms with Gasteiger partial charge in [-0.3, -0.25) is 23.9 Å². The summed E-state index contributed by atoms with van der Waals surface area (Å²) < 4.78 is 60.6. The Labute approximate surface area is 259 Å². The van der Waals surface area contributed by atoms with Gasteiger partial charge in [-0.2, -0.15) is 13.2 Å². The van der Waals surface area contributed by atoms with E-state index >= 15 is 0 Å². The van der Waals surface area contributed by atoms with Crippen LogP contribution in [0.2, 0.25) is 5.02 Å². The van der Waals surface area contributed by atoms with Crippen LogP contribution in [0.5, 0.6) is 5.75 Å². The van der Waals surface area contributed by atoms with Gasteiger partial charge in [0.25, 0.3) is 5.56 Å². The zero-order valence-electron chi connectivity index (χ0n) is 23.0. The highest BCUT2D eigenvalue weighted by Crippen LogP contribution is 2.37. The molecule has 12 nitrogen and oxygen atoms in total. The number of aliphatic carboxylic acids is 2. The molecule has 1 amide bonds. The summed E-state index contributed by atoms with van der Waals surface area (Å²) in [5.74, 6) is -4.43. The third kappa shape index (κ3) is 7.04. The van der Waals surface area contributed by atoms with Gasteiger partial charge in [0.05, 0.1) is 21.6 Å². The van der Waals surface area contributed by atoms with Gasteiger partial charge in [-0.25, -0.2) is 23.5 Å². The van der Waals surface area contributed by atoms with E-state index in [1.54, 1.807) is 18.2 Å². The Morgan fingerprint density at radius 1 is 1.13 bits per heavy atom. The molecule has 1 saturated heterocycles. The molecule has 2 atom stereocenters. The highest BCUT2D eigenvalue weighted by Gasteiger charge is 2.40. The second kappa shape index (κ2) is 12.8. The average molecular weight is 673 g/mol. The molecule has 2 unspecified atom stereocenters. The topological polar surface area (TPSA) is 160 Å². The van der Waals surface area contributed by atoms with Crippen molar-refractivity contribution in [2.75, 3.05) is 6.54 Å². The van der Waals surface area contributed by atoms with Crippen molar-refractivity contribution < 1.29 is 46.9 Å². The first-order valence-corrected chi connectivity index (χ1v) is 13.9. The molecule has 45 heavy (non-hydrogen) atoms. The Morgan fingerprint density at radius 2 is 1.80 bits per heavy atom. The molecule has 1 aliphatic heterocycles. The van der Waals surface area contributed by atoms with Crippen molar-refractivity contribution in [1.29, 1.82) is 0 Å². The van der Waals surface area contributed by atoms with Gasteiger partial charge in [0.2, 0.25) is 5.91 Å². The van der Waals surface area contributed by atoms with Crippen LogP contribution in [-0.4, -0.2) is 65.2 Å². The molecule has 2 N–H and O–H groups in total. The fraction of sp³-hybridized carbons (Fsp3) is 0.259. The van der Waals surface area contributed by atoms with Crippen molar-refractivity contribution in [3.05, 3.63) is 85.4 Å². The van der Waals surface area contributed by atoms with E-state index < -0.39 is 75.4 Å². The van der Waals surface area contributed by atoms with Gasteiger partial charge in [-0.05, 0) is 37.1 Å². The van der Waals surface area contributed by atoms with Gasteiger partial charge in [-0.15, -0.1) is 0 Å². The smallest absolute Gasteiger partial charge is 0.431 e. The minimum atomic E-state index is -5.06. The molecule has 2 heterocycles. The van der Waals surface area contributed by atoms with Gasteiger partial charge in [0.1, 0.15) is 23.8 Å². The second-order valence-electron chi connectivity index (χ2n) is 9.53. The van der Waals surface area contributed by atoms with E-state index in [1.807, 2.05) is 0 Å². The number of carboxylic acid groups (broad SMARTS) is 2. The number of amidine groups is 1. The SMILES string of the molecule is CC(Oc1ccccc1CC1S/C(=N\c2cc(-n3c(=O)cc(C(F)(F)F)n(C)c3=O)c(F)cc2Cl)N(CC(=O)O)C1=O)C(=O)O. The molecule has 0 aliphatic carbocycles. The highest BCUT2D eigenvalue weighted by molar-refractivity contribution is 8.15. The first-order valence-electron chi connectivity index (χ1n) is 12.6.